The molecule has 0 unspecified atom stereocenters. The fourth-order valence-corrected chi connectivity index (χ4v) is 3.73. The Labute approximate surface area is 188 Å². The quantitative estimate of drug-likeness (QED) is 0.618. The molecule has 1 saturated heterocycles. The van der Waals surface area contributed by atoms with Crippen molar-refractivity contribution in [2.45, 2.75) is 26.4 Å². The maximum Gasteiger partial charge on any atom is 0.410 e. The Bertz CT molecular complexity index is 864. The lowest BCUT2D eigenvalue weighted by Gasteiger charge is -2.37. The van der Waals surface area contributed by atoms with E-state index in [0.29, 0.717) is 31.9 Å². The van der Waals surface area contributed by atoms with Crippen LogP contribution in [0.25, 0.3) is 0 Å². The lowest BCUT2D eigenvalue weighted by atomic mass is 10.2. The van der Waals surface area contributed by atoms with E-state index < -0.39 is 5.60 Å². The van der Waals surface area contributed by atoms with Gasteiger partial charge in [0, 0.05) is 38.6 Å². The fourth-order valence-electron chi connectivity index (χ4n) is 2.76. The standard InChI is InChI=1S/C16H24FN3O2.C4H2BrNOS/c1-16(2,3)22-15(21)20-9-7-19(8-10-20)14-6-5-12(17)11-13(14)18-4;5-4-6-3(1-7)2-8-4/h5-6,11,18H,7-10H2,1-4H3;1-2H. The number of piperazine rings is 1. The zero-order valence-electron chi connectivity index (χ0n) is 17.4. The van der Waals surface area contributed by atoms with Crippen molar-refractivity contribution in [2.75, 3.05) is 43.4 Å². The summed E-state index contributed by atoms with van der Waals surface area (Å²) in [6, 6.07) is 4.70. The monoisotopic (exact) mass is 500 g/mol. The number of carbonyl (C=O) groups excluding carboxylic acids is 2. The van der Waals surface area contributed by atoms with Crippen LogP contribution in [-0.4, -0.2) is 61.1 Å². The van der Waals surface area contributed by atoms with Gasteiger partial charge in [-0.2, -0.15) is 0 Å². The van der Waals surface area contributed by atoms with Crippen LogP contribution in [-0.2, 0) is 4.74 Å². The Balaban J connectivity index is 0.000000335. The Morgan fingerprint density at radius 3 is 2.43 bits per heavy atom. The molecule has 1 amide bonds. The normalized spacial score (nSPS) is 13.9. The molecule has 10 heteroatoms. The van der Waals surface area contributed by atoms with Gasteiger partial charge in [0.2, 0.25) is 0 Å². The summed E-state index contributed by atoms with van der Waals surface area (Å²) in [5.41, 5.74) is 1.71. The van der Waals surface area contributed by atoms with Gasteiger partial charge in [0.25, 0.3) is 0 Å². The van der Waals surface area contributed by atoms with Crippen molar-refractivity contribution in [1.82, 2.24) is 9.88 Å². The maximum absolute atomic E-state index is 13.3. The van der Waals surface area contributed by atoms with E-state index in [1.165, 1.54) is 23.5 Å². The summed E-state index contributed by atoms with van der Waals surface area (Å²) < 4.78 is 19.4. The zero-order valence-corrected chi connectivity index (χ0v) is 19.8. The lowest BCUT2D eigenvalue weighted by molar-refractivity contribution is 0.0240. The molecule has 0 spiro atoms. The molecule has 30 heavy (non-hydrogen) atoms. The number of hydrogen-bond donors (Lipinski definition) is 1. The molecule has 0 aliphatic carbocycles. The summed E-state index contributed by atoms with van der Waals surface area (Å²) in [5, 5.41) is 4.70. The third-order valence-corrected chi connectivity index (χ3v) is 5.50. The van der Waals surface area contributed by atoms with Crippen molar-refractivity contribution >= 4 is 51.0 Å². The second kappa shape index (κ2) is 10.7. The molecule has 0 bridgehead atoms. The van der Waals surface area contributed by atoms with E-state index in [4.69, 9.17) is 4.74 Å². The lowest BCUT2D eigenvalue weighted by Crippen LogP contribution is -2.50. The number of rotatable bonds is 3. The fraction of sp³-hybridized carbons (Fsp3) is 0.450. The number of anilines is 2. The number of benzene rings is 1. The first-order chi connectivity index (χ1) is 14.1. The number of thiazole rings is 1. The highest BCUT2D eigenvalue weighted by molar-refractivity contribution is 9.11. The van der Waals surface area contributed by atoms with Gasteiger partial charge in [0.05, 0.1) is 11.4 Å². The van der Waals surface area contributed by atoms with Crippen LogP contribution in [0.3, 0.4) is 0 Å². The Hall–Kier alpha value is -2.20. The number of amides is 1. The van der Waals surface area contributed by atoms with Crippen LogP contribution in [0.15, 0.2) is 27.5 Å². The highest BCUT2D eigenvalue weighted by atomic mass is 79.9. The van der Waals surface area contributed by atoms with Gasteiger partial charge in [-0.3, -0.25) is 4.79 Å². The molecule has 1 fully saturated rings. The van der Waals surface area contributed by atoms with Crippen LogP contribution in [0.5, 0.6) is 0 Å². The first-order valence-corrected chi connectivity index (χ1v) is 11.1. The van der Waals surface area contributed by atoms with Gasteiger partial charge in [-0.05, 0) is 54.9 Å². The van der Waals surface area contributed by atoms with Crippen molar-refractivity contribution in [3.8, 4) is 0 Å². The predicted molar refractivity (Wildman–Crippen MR) is 121 cm³/mol. The molecule has 2 heterocycles. The molecule has 0 radical (unpaired) electrons. The smallest absolute Gasteiger partial charge is 0.410 e. The number of aromatic nitrogens is 1. The van der Waals surface area contributed by atoms with Gasteiger partial charge in [0.15, 0.2) is 10.2 Å². The molecule has 0 atom stereocenters. The van der Waals surface area contributed by atoms with E-state index in [0.717, 1.165) is 21.6 Å². The number of halogens is 2. The minimum absolute atomic E-state index is 0.263. The minimum Gasteiger partial charge on any atom is -0.444 e. The first kappa shape index (κ1) is 24.1. The number of carbonyl (C=O) groups is 2. The minimum atomic E-state index is -0.482. The van der Waals surface area contributed by atoms with E-state index in [2.05, 4.69) is 31.1 Å². The first-order valence-electron chi connectivity index (χ1n) is 9.39. The highest BCUT2D eigenvalue weighted by Crippen LogP contribution is 2.27. The SMILES string of the molecule is CNc1cc(F)ccc1N1CCN(C(=O)OC(C)(C)C)CC1.O=Cc1csc(Br)n1. The maximum atomic E-state index is 13.3. The van der Waals surface area contributed by atoms with Gasteiger partial charge in [-0.1, -0.05) is 0 Å². The average Bonchev–Trinajstić information content (AvgIpc) is 3.13. The average molecular weight is 501 g/mol. The van der Waals surface area contributed by atoms with Crippen LogP contribution >= 0.6 is 27.3 Å². The number of nitrogens with one attached hydrogen (secondary N) is 1. The van der Waals surface area contributed by atoms with Crippen molar-refractivity contribution in [2.24, 2.45) is 0 Å². The van der Waals surface area contributed by atoms with E-state index in [1.807, 2.05) is 20.8 Å². The van der Waals surface area contributed by atoms with Gasteiger partial charge in [-0.25, -0.2) is 14.2 Å². The Kier molecular flexibility index (Phi) is 8.60. The Morgan fingerprint density at radius 1 is 1.30 bits per heavy atom. The third kappa shape index (κ3) is 7.24. The summed E-state index contributed by atoms with van der Waals surface area (Å²) in [5.74, 6) is -0.263. The molecular formula is C20H26BrFN4O3S. The van der Waals surface area contributed by atoms with E-state index in [9.17, 15) is 14.0 Å². The summed E-state index contributed by atoms with van der Waals surface area (Å²) in [4.78, 5) is 29.6. The van der Waals surface area contributed by atoms with Crippen molar-refractivity contribution < 1.29 is 18.7 Å². The summed E-state index contributed by atoms with van der Waals surface area (Å²) in [7, 11) is 1.77. The Morgan fingerprint density at radius 2 is 1.97 bits per heavy atom. The molecule has 1 aliphatic heterocycles. The highest BCUT2D eigenvalue weighted by Gasteiger charge is 2.26. The molecule has 2 aromatic rings. The van der Waals surface area contributed by atoms with Gasteiger partial charge >= 0.3 is 6.09 Å². The largest absolute Gasteiger partial charge is 0.444 e. The van der Waals surface area contributed by atoms with Gasteiger partial charge in [-0.15, -0.1) is 11.3 Å². The molecule has 1 N–H and O–H groups in total. The van der Waals surface area contributed by atoms with Crippen LogP contribution < -0.4 is 10.2 Å². The van der Waals surface area contributed by atoms with Crippen molar-refractivity contribution in [3.05, 3.63) is 39.0 Å². The van der Waals surface area contributed by atoms with Crippen LogP contribution in [0.4, 0.5) is 20.6 Å². The molecule has 3 rings (SSSR count). The summed E-state index contributed by atoms with van der Waals surface area (Å²) in [6.45, 7) is 8.15. The van der Waals surface area contributed by atoms with E-state index in [-0.39, 0.29) is 11.9 Å². The summed E-state index contributed by atoms with van der Waals surface area (Å²) >= 11 is 4.52. The summed E-state index contributed by atoms with van der Waals surface area (Å²) in [6.07, 6.45) is 0.446. The molecule has 1 aromatic heterocycles. The van der Waals surface area contributed by atoms with E-state index >= 15 is 0 Å². The number of hydrogen-bond acceptors (Lipinski definition) is 7. The van der Waals surface area contributed by atoms with Gasteiger partial charge < -0.3 is 19.9 Å². The van der Waals surface area contributed by atoms with Gasteiger partial charge in [0.1, 0.15) is 17.1 Å². The number of nitrogens with zero attached hydrogens (tertiary/aromatic N) is 3. The molecule has 1 aliphatic rings. The molecule has 1 aromatic carbocycles. The van der Waals surface area contributed by atoms with Crippen LogP contribution in [0.1, 0.15) is 31.3 Å². The molecule has 0 saturated carbocycles. The number of aldehydes is 1. The zero-order chi connectivity index (χ0) is 22.3. The van der Waals surface area contributed by atoms with Crippen LogP contribution in [0.2, 0.25) is 0 Å². The topological polar surface area (TPSA) is 74.8 Å². The second-order valence-electron chi connectivity index (χ2n) is 7.51. The predicted octanol–water partition coefficient (Wildman–Crippen LogP) is 4.64. The van der Waals surface area contributed by atoms with E-state index in [1.54, 1.807) is 23.4 Å². The van der Waals surface area contributed by atoms with Crippen molar-refractivity contribution in [1.29, 1.82) is 0 Å². The third-order valence-electron chi connectivity index (χ3n) is 4.11. The molecule has 164 valence electrons. The second-order valence-corrected chi connectivity index (χ2v) is 9.64. The van der Waals surface area contributed by atoms with Crippen molar-refractivity contribution in [3.63, 3.8) is 0 Å². The molecule has 7 nitrogen and oxygen atoms in total. The number of ether oxygens (including phenoxy) is 1. The molecular weight excluding hydrogens is 475 g/mol. The van der Waals surface area contributed by atoms with Crippen LogP contribution in [0, 0.1) is 5.82 Å².